The Morgan fingerprint density at radius 2 is 1.70 bits per heavy atom. The normalized spacial score (nSPS) is 19.1. The van der Waals surface area contributed by atoms with Gasteiger partial charge in [0.1, 0.15) is 0 Å². The van der Waals surface area contributed by atoms with Crippen molar-refractivity contribution in [2.45, 2.75) is 38.5 Å². The number of hydrazone groups is 1. The van der Waals surface area contributed by atoms with Crippen molar-refractivity contribution >= 4 is 18.1 Å². The summed E-state index contributed by atoms with van der Waals surface area (Å²) in [4.78, 5) is 23.1. The minimum absolute atomic E-state index is 0.0444. The largest absolute Gasteiger partial charge is 0.478 e. The molecule has 0 radical (unpaired) electrons. The van der Waals surface area contributed by atoms with Gasteiger partial charge < -0.3 is 5.11 Å². The van der Waals surface area contributed by atoms with Crippen molar-refractivity contribution in [1.82, 2.24) is 5.43 Å². The zero-order valence-electron chi connectivity index (χ0n) is 15.8. The Balaban J connectivity index is 1.53. The third-order valence-electron chi connectivity index (χ3n) is 4.88. The van der Waals surface area contributed by atoms with Gasteiger partial charge in [0.15, 0.2) is 0 Å². The number of carbonyl (C=O) groups excluding carboxylic acids is 1. The van der Waals surface area contributed by atoms with Crippen molar-refractivity contribution in [2.75, 3.05) is 0 Å². The van der Waals surface area contributed by atoms with E-state index in [1.165, 1.54) is 29.5 Å². The molecule has 2 aromatic rings. The third kappa shape index (κ3) is 4.61. The fourth-order valence-corrected chi connectivity index (χ4v) is 3.05. The molecule has 1 aliphatic carbocycles. The Morgan fingerprint density at radius 1 is 1.07 bits per heavy atom. The van der Waals surface area contributed by atoms with Gasteiger partial charge in [0.25, 0.3) is 0 Å². The fourth-order valence-electron chi connectivity index (χ4n) is 3.05. The van der Waals surface area contributed by atoms with Crippen LogP contribution in [0.5, 0.6) is 0 Å². The zero-order chi connectivity index (χ0) is 19.6. The van der Waals surface area contributed by atoms with E-state index in [1.54, 1.807) is 12.1 Å². The number of rotatable bonds is 5. The molecule has 1 aliphatic rings. The summed E-state index contributed by atoms with van der Waals surface area (Å²) >= 11 is 0. The average molecular weight is 364 g/mol. The highest BCUT2D eigenvalue weighted by atomic mass is 16.4. The van der Waals surface area contributed by atoms with Gasteiger partial charge in [-0.05, 0) is 46.6 Å². The molecule has 0 spiro atoms. The minimum Gasteiger partial charge on any atom is -0.478 e. The quantitative estimate of drug-likeness (QED) is 0.623. The smallest absolute Gasteiger partial charge is 0.335 e. The van der Waals surface area contributed by atoms with Crippen LogP contribution in [0.3, 0.4) is 0 Å². The van der Waals surface area contributed by atoms with Gasteiger partial charge >= 0.3 is 5.97 Å². The van der Waals surface area contributed by atoms with Gasteiger partial charge in [-0.15, -0.1) is 0 Å². The Hall–Kier alpha value is -2.95. The molecule has 27 heavy (non-hydrogen) atoms. The molecule has 1 amide bonds. The van der Waals surface area contributed by atoms with E-state index in [0.29, 0.717) is 0 Å². The van der Waals surface area contributed by atoms with Gasteiger partial charge in [-0.3, -0.25) is 4.79 Å². The molecule has 3 rings (SSSR count). The molecule has 0 unspecified atom stereocenters. The molecule has 0 saturated heterocycles. The predicted molar refractivity (Wildman–Crippen MR) is 105 cm³/mol. The number of amides is 1. The molecule has 0 aromatic heterocycles. The van der Waals surface area contributed by atoms with Crippen molar-refractivity contribution in [3.05, 3.63) is 70.8 Å². The number of nitrogens with one attached hydrogen (secondary N) is 1. The number of aromatic carboxylic acids is 1. The lowest BCUT2D eigenvalue weighted by molar-refractivity contribution is -0.122. The van der Waals surface area contributed by atoms with Crippen LogP contribution in [0.4, 0.5) is 0 Å². The summed E-state index contributed by atoms with van der Waals surface area (Å²) in [6.07, 6.45) is 2.35. The molecule has 140 valence electrons. The van der Waals surface area contributed by atoms with Gasteiger partial charge in [-0.1, -0.05) is 57.2 Å². The summed E-state index contributed by atoms with van der Waals surface area (Å²) < 4.78 is 0. The maximum absolute atomic E-state index is 12.2. The maximum Gasteiger partial charge on any atom is 0.335 e. The van der Waals surface area contributed by atoms with Crippen molar-refractivity contribution in [3.8, 4) is 0 Å². The van der Waals surface area contributed by atoms with Gasteiger partial charge in [0, 0.05) is 5.92 Å². The Kier molecular flexibility index (Phi) is 5.13. The first-order chi connectivity index (χ1) is 12.8. The van der Waals surface area contributed by atoms with E-state index in [1.807, 2.05) is 0 Å². The van der Waals surface area contributed by atoms with Gasteiger partial charge in [-0.2, -0.15) is 5.10 Å². The van der Waals surface area contributed by atoms with Crippen molar-refractivity contribution < 1.29 is 14.7 Å². The summed E-state index contributed by atoms with van der Waals surface area (Å²) in [5, 5.41) is 12.9. The molecule has 1 saturated carbocycles. The molecule has 5 heteroatoms. The lowest BCUT2D eigenvalue weighted by Gasteiger charge is -2.19. The summed E-state index contributed by atoms with van der Waals surface area (Å²) in [5.41, 5.74) is 6.12. The van der Waals surface area contributed by atoms with Crippen LogP contribution < -0.4 is 5.43 Å². The van der Waals surface area contributed by atoms with Crippen LogP contribution in [0, 0.1) is 5.92 Å². The van der Waals surface area contributed by atoms with E-state index in [-0.39, 0.29) is 28.7 Å². The standard InChI is InChI=1S/C22H24N2O3/c1-22(2,3)17-10-8-15(9-11-17)18-12-19(18)20(25)24-23-13-14-4-6-16(7-5-14)21(26)27/h4-11,13,18-19H,12H2,1-3H3,(H,24,25)(H,26,27)/t18-,19-/m0/s1. The first kappa shape index (κ1) is 18.8. The number of carboxylic acid groups (broad SMARTS) is 1. The fraction of sp³-hybridized carbons (Fsp3) is 0.318. The second kappa shape index (κ2) is 7.35. The second-order valence-electron chi connectivity index (χ2n) is 7.98. The maximum atomic E-state index is 12.2. The van der Waals surface area contributed by atoms with E-state index in [0.717, 1.165) is 12.0 Å². The molecule has 2 N–H and O–H groups in total. The average Bonchev–Trinajstić information content (AvgIpc) is 3.42. The highest BCUT2D eigenvalue weighted by Gasteiger charge is 2.43. The number of carbonyl (C=O) groups is 2. The van der Waals surface area contributed by atoms with E-state index in [4.69, 9.17) is 5.11 Å². The van der Waals surface area contributed by atoms with Crippen LogP contribution in [0.25, 0.3) is 0 Å². The van der Waals surface area contributed by atoms with Crippen LogP contribution >= 0.6 is 0 Å². The molecule has 1 fully saturated rings. The first-order valence-corrected chi connectivity index (χ1v) is 9.02. The Bertz CT molecular complexity index is 862. The molecule has 2 aromatic carbocycles. The van der Waals surface area contributed by atoms with E-state index < -0.39 is 5.97 Å². The van der Waals surface area contributed by atoms with E-state index >= 15 is 0 Å². The summed E-state index contributed by atoms with van der Waals surface area (Å²) in [7, 11) is 0. The summed E-state index contributed by atoms with van der Waals surface area (Å²) in [6, 6.07) is 14.8. The Morgan fingerprint density at radius 3 is 2.26 bits per heavy atom. The molecule has 5 nitrogen and oxygen atoms in total. The molecular weight excluding hydrogens is 340 g/mol. The second-order valence-corrected chi connectivity index (χ2v) is 7.98. The molecule has 0 heterocycles. The van der Waals surface area contributed by atoms with E-state index in [2.05, 4.69) is 55.6 Å². The molecular formula is C22H24N2O3. The molecule has 0 bridgehead atoms. The number of hydrogen-bond acceptors (Lipinski definition) is 3. The first-order valence-electron chi connectivity index (χ1n) is 9.02. The predicted octanol–water partition coefficient (Wildman–Crippen LogP) is 3.94. The van der Waals surface area contributed by atoms with Crippen molar-refractivity contribution in [2.24, 2.45) is 11.0 Å². The SMILES string of the molecule is CC(C)(C)c1ccc([C@@H]2C[C@@H]2C(=O)NN=Cc2ccc(C(=O)O)cc2)cc1. The van der Waals surface area contributed by atoms with Crippen LogP contribution in [-0.2, 0) is 10.2 Å². The van der Waals surface area contributed by atoms with Crippen LogP contribution in [0.15, 0.2) is 53.6 Å². The number of hydrogen-bond donors (Lipinski definition) is 2. The lowest BCUT2D eigenvalue weighted by Crippen LogP contribution is -2.20. The van der Waals surface area contributed by atoms with Gasteiger partial charge in [0.2, 0.25) is 5.91 Å². The monoisotopic (exact) mass is 364 g/mol. The highest BCUT2D eigenvalue weighted by molar-refractivity contribution is 5.89. The minimum atomic E-state index is -0.970. The number of nitrogens with zero attached hydrogens (tertiary/aromatic N) is 1. The third-order valence-corrected chi connectivity index (χ3v) is 4.88. The highest BCUT2D eigenvalue weighted by Crippen LogP contribution is 2.47. The molecule has 0 aliphatic heterocycles. The van der Waals surface area contributed by atoms with Gasteiger partial charge in [0.05, 0.1) is 11.8 Å². The zero-order valence-corrected chi connectivity index (χ0v) is 15.8. The van der Waals surface area contributed by atoms with Crippen LogP contribution in [-0.4, -0.2) is 23.2 Å². The van der Waals surface area contributed by atoms with Crippen molar-refractivity contribution in [1.29, 1.82) is 0 Å². The molecule has 2 atom stereocenters. The number of carboxylic acids is 1. The topological polar surface area (TPSA) is 78.8 Å². The van der Waals surface area contributed by atoms with E-state index in [9.17, 15) is 9.59 Å². The summed E-state index contributed by atoms with van der Waals surface area (Å²) in [6.45, 7) is 6.55. The van der Waals surface area contributed by atoms with Crippen molar-refractivity contribution in [3.63, 3.8) is 0 Å². The lowest BCUT2D eigenvalue weighted by atomic mass is 9.86. The van der Waals surface area contributed by atoms with Crippen LogP contribution in [0.2, 0.25) is 0 Å². The Labute approximate surface area is 159 Å². The van der Waals surface area contributed by atoms with Crippen LogP contribution in [0.1, 0.15) is 60.2 Å². The number of benzene rings is 2. The van der Waals surface area contributed by atoms with Gasteiger partial charge in [-0.25, -0.2) is 10.2 Å². The summed E-state index contributed by atoms with van der Waals surface area (Å²) in [5.74, 6) is -0.846.